The smallest absolute Gasteiger partial charge is 0.0491 e. The predicted octanol–water partition coefficient (Wildman–Crippen LogP) is 1.68. The predicted molar refractivity (Wildman–Crippen MR) is 46.5 cm³/mol. The van der Waals surface area contributed by atoms with Crippen LogP contribution in [0.1, 0.15) is 26.7 Å². The maximum absolute atomic E-state index is 9.00. The fourth-order valence-electron chi connectivity index (χ4n) is 1.33. The van der Waals surface area contributed by atoms with Crippen LogP contribution in [0.25, 0.3) is 0 Å². The first-order valence-electron chi connectivity index (χ1n) is 4.36. The Morgan fingerprint density at radius 3 is 2.45 bits per heavy atom. The monoisotopic (exact) mass is 160 g/mol. The molecule has 0 bridgehead atoms. The van der Waals surface area contributed by atoms with E-state index in [9.17, 15) is 0 Å². The lowest BCUT2D eigenvalue weighted by Crippen LogP contribution is -2.19. The van der Waals surface area contributed by atoms with Crippen molar-refractivity contribution in [3.05, 3.63) is 0 Å². The summed E-state index contributed by atoms with van der Waals surface area (Å²) in [5.74, 6) is 0.893. The van der Waals surface area contributed by atoms with Gasteiger partial charge in [-0.05, 0) is 18.3 Å². The normalized spacial score (nSPS) is 16.4. The number of ether oxygens (including phenoxy) is 1. The number of hydrogen-bond acceptors (Lipinski definition) is 2. The van der Waals surface area contributed by atoms with E-state index in [2.05, 4.69) is 13.8 Å². The summed E-state index contributed by atoms with van der Waals surface area (Å²) in [6.07, 6.45) is 2.24. The molecule has 0 heterocycles. The van der Waals surface area contributed by atoms with E-state index >= 15 is 0 Å². The second-order valence-corrected chi connectivity index (χ2v) is 3.16. The maximum atomic E-state index is 9.00. The maximum Gasteiger partial charge on any atom is 0.0491 e. The van der Waals surface area contributed by atoms with Crippen molar-refractivity contribution in [2.75, 3.05) is 20.3 Å². The molecule has 0 radical (unpaired) electrons. The Morgan fingerprint density at radius 1 is 1.45 bits per heavy atom. The molecule has 0 amide bonds. The second kappa shape index (κ2) is 6.62. The molecule has 11 heavy (non-hydrogen) atoms. The average molecular weight is 160 g/mol. The molecule has 0 fully saturated rings. The first-order chi connectivity index (χ1) is 5.26. The largest absolute Gasteiger partial charge is 0.396 e. The quantitative estimate of drug-likeness (QED) is 0.640. The summed E-state index contributed by atoms with van der Waals surface area (Å²) >= 11 is 0. The lowest BCUT2D eigenvalue weighted by atomic mass is 9.91. The van der Waals surface area contributed by atoms with Crippen LogP contribution in [0.4, 0.5) is 0 Å². The van der Waals surface area contributed by atoms with Crippen molar-refractivity contribution in [1.82, 2.24) is 0 Å². The Morgan fingerprint density at radius 2 is 2.09 bits per heavy atom. The standard InChI is InChI=1S/C9H20O2/c1-4-5-9(6-10)8(2)7-11-3/h8-10H,4-7H2,1-3H3. The van der Waals surface area contributed by atoms with Crippen LogP contribution in [-0.2, 0) is 4.74 Å². The molecule has 2 nitrogen and oxygen atoms in total. The molecule has 2 unspecified atom stereocenters. The summed E-state index contributed by atoms with van der Waals surface area (Å²) in [4.78, 5) is 0. The third-order valence-electron chi connectivity index (χ3n) is 2.13. The van der Waals surface area contributed by atoms with Crippen molar-refractivity contribution in [1.29, 1.82) is 0 Å². The van der Waals surface area contributed by atoms with Crippen molar-refractivity contribution in [3.8, 4) is 0 Å². The fraction of sp³-hybridized carbons (Fsp3) is 1.00. The van der Waals surface area contributed by atoms with Gasteiger partial charge in [-0.1, -0.05) is 20.3 Å². The van der Waals surface area contributed by atoms with Gasteiger partial charge in [0, 0.05) is 20.3 Å². The third kappa shape index (κ3) is 4.38. The Hall–Kier alpha value is -0.0800. The molecule has 1 N–H and O–H groups in total. The lowest BCUT2D eigenvalue weighted by Gasteiger charge is -2.20. The van der Waals surface area contributed by atoms with Crippen LogP contribution >= 0.6 is 0 Å². The first kappa shape index (κ1) is 10.9. The van der Waals surface area contributed by atoms with E-state index in [4.69, 9.17) is 9.84 Å². The first-order valence-corrected chi connectivity index (χ1v) is 4.36. The molecule has 0 saturated carbocycles. The number of rotatable bonds is 6. The van der Waals surface area contributed by atoms with Crippen LogP contribution in [0.3, 0.4) is 0 Å². The van der Waals surface area contributed by atoms with E-state index in [-0.39, 0.29) is 0 Å². The van der Waals surface area contributed by atoms with Gasteiger partial charge < -0.3 is 9.84 Å². The topological polar surface area (TPSA) is 29.5 Å². The molecular formula is C9H20O2. The number of aliphatic hydroxyl groups is 1. The highest BCUT2D eigenvalue weighted by atomic mass is 16.5. The Bertz CT molecular complexity index is 83.6. The summed E-state index contributed by atoms with van der Waals surface area (Å²) in [6, 6.07) is 0. The van der Waals surface area contributed by atoms with Crippen LogP contribution < -0.4 is 0 Å². The Labute approximate surface area is 69.6 Å². The summed E-state index contributed by atoms with van der Waals surface area (Å²) in [7, 11) is 1.71. The van der Waals surface area contributed by atoms with Crippen LogP contribution in [-0.4, -0.2) is 25.4 Å². The van der Waals surface area contributed by atoms with E-state index in [1.807, 2.05) is 0 Å². The van der Waals surface area contributed by atoms with Gasteiger partial charge in [0.1, 0.15) is 0 Å². The SMILES string of the molecule is CCCC(CO)C(C)COC. The molecule has 68 valence electrons. The molecule has 0 aromatic rings. The van der Waals surface area contributed by atoms with Gasteiger partial charge in [0.25, 0.3) is 0 Å². The molecule has 0 spiro atoms. The average Bonchev–Trinajstić information content (AvgIpc) is 2.00. The summed E-state index contributed by atoms with van der Waals surface area (Å²) < 4.78 is 5.02. The molecule has 0 aromatic carbocycles. The minimum atomic E-state index is 0.290. The zero-order valence-corrected chi connectivity index (χ0v) is 7.84. The van der Waals surface area contributed by atoms with Crippen LogP contribution in [0.5, 0.6) is 0 Å². The van der Waals surface area contributed by atoms with Gasteiger partial charge in [-0.2, -0.15) is 0 Å². The zero-order valence-electron chi connectivity index (χ0n) is 7.84. The number of methoxy groups -OCH3 is 1. The summed E-state index contributed by atoms with van der Waals surface area (Å²) in [5.41, 5.74) is 0. The van der Waals surface area contributed by atoms with Gasteiger partial charge in [0.15, 0.2) is 0 Å². The molecule has 0 saturated heterocycles. The molecule has 0 aliphatic heterocycles. The van der Waals surface area contributed by atoms with E-state index in [1.54, 1.807) is 7.11 Å². The number of hydrogen-bond donors (Lipinski definition) is 1. The van der Waals surface area contributed by atoms with Crippen molar-refractivity contribution < 1.29 is 9.84 Å². The van der Waals surface area contributed by atoms with Crippen molar-refractivity contribution in [2.45, 2.75) is 26.7 Å². The minimum Gasteiger partial charge on any atom is -0.396 e. The fourth-order valence-corrected chi connectivity index (χ4v) is 1.33. The highest BCUT2D eigenvalue weighted by Crippen LogP contribution is 2.16. The second-order valence-electron chi connectivity index (χ2n) is 3.16. The third-order valence-corrected chi connectivity index (χ3v) is 2.13. The summed E-state index contributed by atoms with van der Waals surface area (Å²) in [6.45, 7) is 5.31. The van der Waals surface area contributed by atoms with E-state index in [0.717, 1.165) is 19.4 Å². The molecular weight excluding hydrogens is 140 g/mol. The molecule has 0 aliphatic carbocycles. The van der Waals surface area contributed by atoms with Crippen LogP contribution in [0, 0.1) is 11.8 Å². The van der Waals surface area contributed by atoms with Crippen LogP contribution in [0.2, 0.25) is 0 Å². The Balaban J connectivity index is 3.61. The van der Waals surface area contributed by atoms with Crippen LogP contribution in [0.15, 0.2) is 0 Å². The Kier molecular flexibility index (Phi) is 6.57. The summed E-state index contributed by atoms with van der Waals surface area (Å²) in [5, 5.41) is 9.00. The highest BCUT2D eigenvalue weighted by molar-refractivity contribution is 4.64. The van der Waals surface area contributed by atoms with Gasteiger partial charge in [0.05, 0.1) is 0 Å². The van der Waals surface area contributed by atoms with Gasteiger partial charge >= 0.3 is 0 Å². The molecule has 0 aliphatic rings. The van der Waals surface area contributed by atoms with Gasteiger partial charge in [-0.3, -0.25) is 0 Å². The molecule has 2 heteroatoms. The van der Waals surface area contributed by atoms with E-state index in [0.29, 0.717) is 18.4 Å². The van der Waals surface area contributed by atoms with Crippen molar-refractivity contribution in [3.63, 3.8) is 0 Å². The van der Waals surface area contributed by atoms with Gasteiger partial charge in [-0.15, -0.1) is 0 Å². The van der Waals surface area contributed by atoms with Crippen molar-refractivity contribution >= 4 is 0 Å². The lowest BCUT2D eigenvalue weighted by molar-refractivity contribution is 0.0939. The molecule has 0 rings (SSSR count). The highest BCUT2D eigenvalue weighted by Gasteiger charge is 2.14. The van der Waals surface area contributed by atoms with Crippen molar-refractivity contribution in [2.24, 2.45) is 11.8 Å². The molecule has 2 atom stereocenters. The van der Waals surface area contributed by atoms with Gasteiger partial charge in [0.2, 0.25) is 0 Å². The van der Waals surface area contributed by atoms with E-state index < -0.39 is 0 Å². The molecule has 0 aromatic heterocycles. The van der Waals surface area contributed by atoms with E-state index in [1.165, 1.54) is 0 Å². The minimum absolute atomic E-state index is 0.290. The van der Waals surface area contributed by atoms with Gasteiger partial charge in [-0.25, -0.2) is 0 Å². The number of aliphatic hydroxyl groups excluding tert-OH is 1. The zero-order chi connectivity index (χ0) is 8.69.